The summed E-state index contributed by atoms with van der Waals surface area (Å²) in [5, 5.41) is 0. The van der Waals surface area contributed by atoms with Gasteiger partial charge in [-0.15, -0.1) is 0 Å². The number of amides is 1. The molecule has 1 amide bonds. The zero-order valence-corrected chi connectivity index (χ0v) is 14.4. The summed E-state index contributed by atoms with van der Waals surface area (Å²) in [4.78, 5) is 14.9. The van der Waals surface area contributed by atoms with Crippen molar-refractivity contribution >= 4 is 15.7 Å². The molecule has 126 valence electrons. The van der Waals surface area contributed by atoms with Crippen molar-refractivity contribution in [2.45, 2.75) is 37.0 Å². The minimum Gasteiger partial charge on any atom is -0.360 e. The Balaban J connectivity index is 1.92. The predicted octanol–water partition coefficient (Wildman–Crippen LogP) is 1.73. The van der Waals surface area contributed by atoms with Crippen LogP contribution in [0, 0.1) is 0 Å². The number of benzene rings is 1. The Kier molecular flexibility index (Phi) is 4.01. The van der Waals surface area contributed by atoms with Gasteiger partial charge in [-0.3, -0.25) is 4.79 Å². The van der Waals surface area contributed by atoms with Gasteiger partial charge in [0.15, 0.2) is 15.4 Å². The molecule has 3 rings (SSSR count). The molecule has 1 aromatic rings. The van der Waals surface area contributed by atoms with Crippen LogP contribution in [0.15, 0.2) is 30.3 Å². The molecule has 0 radical (unpaired) electrons. The Labute approximate surface area is 137 Å². The maximum Gasteiger partial charge on any atom is 0.259 e. The lowest BCUT2D eigenvalue weighted by Crippen LogP contribution is -2.58. The number of sulfone groups is 1. The normalized spacial score (nSPS) is 29.4. The molecule has 0 N–H and O–H groups in total. The molecular weight excluding hydrogens is 314 g/mol. The first-order chi connectivity index (χ1) is 10.8. The van der Waals surface area contributed by atoms with Crippen molar-refractivity contribution in [3.63, 3.8) is 0 Å². The van der Waals surface area contributed by atoms with E-state index in [0.29, 0.717) is 13.0 Å². The lowest BCUT2D eigenvalue weighted by atomic mass is 9.89. The first kappa shape index (κ1) is 16.5. The molecule has 6 heteroatoms. The van der Waals surface area contributed by atoms with Crippen LogP contribution in [-0.2, 0) is 25.0 Å². The number of hydrogen-bond acceptors (Lipinski definition) is 4. The Bertz CT molecular complexity index is 691. The average Bonchev–Trinajstić information content (AvgIpc) is 3.01. The highest BCUT2D eigenvalue weighted by Gasteiger charge is 2.50. The van der Waals surface area contributed by atoms with E-state index in [9.17, 15) is 13.2 Å². The van der Waals surface area contributed by atoms with E-state index in [0.717, 1.165) is 12.0 Å². The number of rotatable bonds is 2. The lowest BCUT2D eigenvalue weighted by Gasteiger charge is -2.41. The minimum atomic E-state index is -3.17. The van der Waals surface area contributed by atoms with Crippen LogP contribution in [0.1, 0.15) is 32.3 Å². The Morgan fingerprint density at radius 3 is 2.48 bits per heavy atom. The van der Waals surface area contributed by atoms with E-state index in [1.807, 2.05) is 30.3 Å². The number of carbonyl (C=O) groups excluding carboxylic acids is 1. The summed E-state index contributed by atoms with van der Waals surface area (Å²) in [5.74, 6) is -0.0967. The predicted molar refractivity (Wildman–Crippen MR) is 87.8 cm³/mol. The number of hydrogen-bond donors (Lipinski definition) is 0. The van der Waals surface area contributed by atoms with Gasteiger partial charge in [0.2, 0.25) is 0 Å². The van der Waals surface area contributed by atoms with Crippen LogP contribution in [0.4, 0.5) is 0 Å². The summed E-state index contributed by atoms with van der Waals surface area (Å²) in [5.41, 5.74) is -0.105. The summed E-state index contributed by atoms with van der Waals surface area (Å²) < 4.78 is 29.3. The molecule has 2 fully saturated rings. The summed E-state index contributed by atoms with van der Waals surface area (Å²) in [6.07, 6.45) is 1.47. The molecule has 2 aliphatic rings. The Morgan fingerprint density at radius 2 is 1.91 bits per heavy atom. The molecule has 1 aromatic carbocycles. The molecule has 1 atom stereocenters. The van der Waals surface area contributed by atoms with Gasteiger partial charge in [0, 0.05) is 19.7 Å². The maximum atomic E-state index is 13.2. The van der Waals surface area contributed by atoms with Gasteiger partial charge >= 0.3 is 0 Å². The second-order valence-electron chi connectivity index (χ2n) is 6.95. The second kappa shape index (κ2) is 5.60. The smallest absolute Gasteiger partial charge is 0.259 e. The van der Waals surface area contributed by atoms with Gasteiger partial charge in [0.05, 0.1) is 10.5 Å². The number of nitrogens with zero attached hydrogens (tertiary/aromatic N) is 1. The van der Waals surface area contributed by atoms with Crippen LogP contribution in [0.25, 0.3) is 0 Å². The fourth-order valence-electron chi connectivity index (χ4n) is 3.44. The Hall–Kier alpha value is -1.40. The highest BCUT2D eigenvalue weighted by Crippen LogP contribution is 2.39. The van der Waals surface area contributed by atoms with E-state index < -0.39 is 20.2 Å². The van der Waals surface area contributed by atoms with Crippen LogP contribution < -0.4 is 0 Å². The molecule has 5 nitrogen and oxygen atoms in total. The largest absolute Gasteiger partial charge is 0.360 e. The third-order valence-corrected chi connectivity index (χ3v) is 7.47. The summed E-state index contributed by atoms with van der Waals surface area (Å²) in [6, 6.07) is 9.53. The van der Waals surface area contributed by atoms with E-state index in [4.69, 9.17) is 4.74 Å². The summed E-state index contributed by atoms with van der Waals surface area (Å²) in [7, 11) is -3.17. The zero-order chi connectivity index (χ0) is 16.7. The van der Waals surface area contributed by atoms with Crippen LogP contribution in [-0.4, -0.2) is 49.4 Å². The fraction of sp³-hybridized carbons (Fsp3) is 0.588. The van der Waals surface area contributed by atoms with Gasteiger partial charge in [-0.1, -0.05) is 30.3 Å². The van der Waals surface area contributed by atoms with Crippen LogP contribution in [0.2, 0.25) is 0 Å². The Morgan fingerprint density at radius 1 is 1.22 bits per heavy atom. The first-order valence-electron chi connectivity index (χ1n) is 8.00. The molecule has 0 bridgehead atoms. The summed E-state index contributed by atoms with van der Waals surface area (Å²) in [6.45, 7) is 4.38. The van der Waals surface area contributed by atoms with Gasteiger partial charge in [-0.25, -0.2) is 8.42 Å². The molecular formula is C17H23NO4S. The third kappa shape index (κ3) is 2.68. The van der Waals surface area contributed by atoms with E-state index in [1.54, 1.807) is 18.7 Å². The standard InChI is InChI=1S/C17H23NO4S/c1-16(2)13-18(10-12-23(16,20)21)15(19)17(9-6-11-22-17)14-7-4-3-5-8-14/h3-5,7-8H,6,9-13H2,1-2H3. The minimum absolute atomic E-state index is 0.0105. The zero-order valence-electron chi connectivity index (χ0n) is 13.6. The molecule has 2 saturated heterocycles. The number of ether oxygens (including phenoxy) is 1. The molecule has 0 aromatic heterocycles. The van der Waals surface area contributed by atoms with Gasteiger partial charge < -0.3 is 9.64 Å². The van der Waals surface area contributed by atoms with Crippen molar-refractivity contribution in [3.05, 3.63) is 35.9 Å². The third-order valence-electron chi connectivity index (χ3n) is 4.94. The highest BCUT2D eigenvalue weighted by molar-refractivity contribution is 7.92. The van der Waals surface area contributed by atoms with Gasteiger partial charge in [-0.05, 0) is 32.3 Å². The van der Waals surface area contributed by atoms with Crippen molar-refractivity contribution in [2.24, 2.45) is 0 Å². The molecule has 2 aliphatic heterocycles. The van der Waals surface area contributed by atoms with E-state index >= 15 is 0 Å². The van der Waals surface area contributed by atoms with Gasteiger partial charge in [0.1, 0.15) is 0 Å². The SMILES string of the molecule is CC1(C)CN(C(=O)C2(c3ccccc3)CCCO2)CCS1(=O)=O. The molecule has 0 saturated carbocycles. The fourth-order valence-corrected chi connectivity index (χ4v) is 4.81. The number of carbonyl (C=O) groups is 1. The van der Waals surface area contributed by atoms with E-state index in [-0.39, 0.29) is 24.7 Å². The highest BCUT2D eigenvalue weighted by atomic mass is 32.2. The topological polar surface area (TPSA) is 63.7 Å². The molecule has 0 spiro atoms. The van der Waals surface area contributed by atoms with Crippen molar-refractivity contribution in [1.82, 2.24) is 4.90 Å². The second-order valence-corrected chi connectivity index (χ2v) is 9.69. The van der Waals surface area contributed by atoms with Crippen molar-refractivity contribution < 1.29 is 17.9 Å². The van der Waals surface area contributed by atoms with Gasteiger partial charge in [-0.2, -0.15) is 0 Å². The van der Waals surface area contributed by atoms with Crippen molar-refractivity contribution in [1.29, 1.82) is 0 Å². The molecule has 23 heavy (non-hydrogen) atoms. The molecule has 1 unspecified atom stereocenters. The van der Waals surface area contributed by atoms with E-state index in [1.165, 1.54) is 0 Å². The van der Waals surface area contributed by atoms with Crippen LogP contribution in [0.3, 0.4) is 0 Å². The summed E-state index contributed by atoms with van der Waals surface area (Å²) >= 11 is 0. The van der Waals surface area contributed by atoms with E-state index in [2.05, 4.69) is 0 Å². The monoisotopic (exact) mass is 337 g/mol. The molecule has 0 aliphatic carbocycles. The van der Waals surface area contributed by atoms with Crippen molar-refractivity contribution in [2.75, 3.05) is 25.4 Å². The first-order valence-corrected chi connectivity index (χ1v) is 9.65. The van der Waals surface area contributed by atoms with Crippen LogP contribution >= 0.6 is 0 Å². The van der Waals surface area contributed by atoms with Crippen molar-refractivity contribution in [3.8, 4) is 0 Å². The maximum absolute atomic E-state index is 13.2. The molecule has 2 heterocycles. The van der Waals surface area contributed by atoms with Gasteiger partial charge in [0.25, 0.3) is 5.91 Å². The lowest BCUT2D eigenvalue weighted by molar-refractivity contribution is -0.154. The average molecular weight is 337 g/mol. The van der Waals surface area contributed by atoms with Crippen LogP contribution in [0.5, 0.6) is 0 Å². The quantitative estimate of drug-likeness (QED) is 0.824.